The molecule has 1 aromatic rings. The van der Waals surface area contributed by atoms with E-state index in [1.807, 2.05) is 12.1 Å². The van der Waals surface area contributed by atoms with E-state index in [0.717, 1.165) is 17.5 Å². The third-order valence-corrected chi connectivity index (χ3v) is 4.68. The van der Waals surface area contributed by atoms with Crippen LogP contribution in [0.15, 0.2) is 24.3 Å². The number of halogens is 1. The average Bonchev–Trinajstić information content (AvgIpc) is 3.15. The molecule has 29 heavy (non-hydrogen) atoms. The summed E-state index contributed by atoms with van der Waals surface area (Å²) in [6, 6.07) is 8.26. The van der Waals surface area contributed by atoms with E-state index in [2.05, 4.69) is 36.2 Å². The highest BCUT2D eigenvalue weighted by molar-refractivity contribution is 6.30. The van der Waals surface area contributed by atoms with Gasteiger partial charge in [0.05, 0.1) is 0 Å². The van der Waals surface area contributed by atoms with Crippen molar-refractivity contribution in [2.24, 2.45) is 11.8 Å². The first-order chi connectivity index (χ1) is 13.6. The number of aliphatic hydroxyl groups excluding tert-OH is 2. The van der Waals surface area contributed by atoms with Crippen molar-refractivity contribution in [3.63, 3.8) is 0 Å². The summed E-state index contributed by atoms with van der Waals surface area (Å²) in [5.74, 6) is -2.02. The number of nitrogens with zero attached hydrogens (tertiary/aromatic N) is 1. The van der Waals surface area contributed by atoms with Gasteiger partial charge in [-0.25, -0.2) is 9.59 Å². The van der Waals surface area contributed by atoms with Crippen LogP contribution in [-0.2, 0) is 16.1 Å². The van der Waals surface area contributed by atoms with Crippen molar-refractivity contribution >= 4 is 23.5 Å². The Morgan fingerprint density at radius 1 is 1.14 bits per heavy atom. The Balaban J connectivity index is 0.000000359. The fraction of sp³-hybridized carbons (Fsp3) is 0.600. The van der Waals surface area contributed by atoms with Crippen molar-refractivity contribution in [1.29, 1.82) is 0 Å². The van der Waals surface area contributed by atoms with Crippen molar-refractivity contribution < 1.29 is 30.0 Å². The van der Waals surface area contributed by atoms with Crippen molar-refractivity contribution in [1.82, 2.24) is 10.2 Å². The first-order valence-corrected chi connectivity index (χ1v) is 9.97. The van der Waals surface area contributed by atoms with Crippen LogP contribution < -0.4 is 5.32 Å². The number of carboxylic acid groups (broad SMARTS) is 2. The Bertz CT molecular complexity index is 616. The Kier molecular flexibility index (Phi) is 11.2. The van der Waals surface area contributed by atoms with E-state index in [9.17, 15) is 9.59 Å². The average molecular weight is 431 g/mol. The molecule has 0 aliphatic carbocycles. The lowest BCUT2D eigenvalue weighted by Gasteiger charge is -2.27. The minimum absolute atomic E-state index is 0.710. The first-order valence-electron chi connectivity index (χ1n) is 9.59. The number of rotatable bonds is 9. The number of benzene rings is 1. The SMILES string of the molecule is CC(C)CN(Cc1ccc(Cl)cc1)C[C@H]1CCNC1.O=C(O)[C@H](O)[C@@H](O)C(=O)O. The number of carboxylic acids is 2. The molecular weight excluding hydrogens is 400 g/mol. The quantitative estimate of drug-likeness (QED) is 0.396. The molecule has 1 saturated heterocycles. The normalized spacial score (nSPS) is 18.2. The second-order valence-electron chi connectivity index (χ2n) is 7.64. The van der Waals surface area contributed by atoms with Gasteiger partial charge in [-0.15, -0.1) is 0 Å². The number of hydrogen-bond donors (Lipinski definition) is 5. The molecule has 8 nitrogen and oxygen atoms in total. The van der Waals surface area contributed by atoms with Crippen LogP contribution in [0.3, 0.4) is 0 Å². The zero-order chi connectivity index (χ0) is 22.0. The highest BCUT2D eigenvalue weighted by Gasteiger charge is 2.29. The van der Waals surface area contributed by atoms with Crippen LogP contribution in [0.4, 0.5) is 0 Å². The van der Waals surface area contributed by atoms with E-state index < -0.39 is 24.1 Å². The van der Waals surface area contributed by atoms with Crippen LogP contribution in [0.2, 0.25) is 5.02 Å². The van der Waals surface area contributed by atoms with Crippen LogP contribution in [0.25, 0.3) is 0 Å². The van der Waals surface area contributed by atoms with E-state index in [0.29, 0.717) is 5.92 Å². The van der Waals surface area contributed by atoms with Crippen LogP contribution in [0.5, 0.6) is 0 Å². The van der Waals surface area contributed by atoms with E-state index in [4.69, 9.17) is 32.0 Å². The maximum absolute atomic E-state index is 9.77. The Labute approximate surface area is 176 Å². The van der Waals surface area contributed by atoms with Gasteiger partial charge >= 0.3 is 11.9 Å². The minimum atomic E-state index is -2.27. The molecule has 1 aliphatic rings. The summed E-state index contributed by atoms with van der Waals surface area (Å²) in [6.45, 7) is 10.3. The smallest absolute Gasteiger partial charge is 0.335 e. The fourth-order valence-corrected chi connectivity index (χ4v) is 3.20. The predicted octanol–water partition coefficient (Wildman–Crippen LogP) is 1.28. The number of aliphatic hydroxyl groups is 2. The molecule has 1 aromatic carbocycles. The van der Waals surface area contributed by atoms with Gasteiger partial charge in [-0.2, -0.15) is 0 Å². The van der Waals surface area contributed by atoms with Crippen molar-refractivity contribution in [3.05, 3.63) is 34.9 Å². The summed E-state index contributed by atoms with van der Waals surface area (Å²) >= 11 is 5.95. The molecule has 0 unspecified atom stereocenters. The van der Waals surface area contributed by atoms with Gasteiger partial charge in [-0.1, -0.05) is 37.6 Å². The molecule has 0 bridgehead atoms. The molecule has 9 heteroatoms. The second-order valence-corrected chi connectivity index (χ2v) is 8.08. The number of hydrogen-bond acceptors (Lipinski definition) is 6. The van der Waals surface area contributed by atoms with Crippen LogP contribution in [-0.4, -0.2) is 75.7 Å². The molecular formula is C20H31ClN2O6. The lowest BCUT2D eigenvalue weighted by atomic mass is 10.1. The Morgan fingerprint density at radius 3 is 2.10 bits per heavy atom. The van der Waals surface area contributed by atoms with Gasteiger partial charge in [0.1, 0.15) is 0 Å². The molecule has 0 radical (unpaired) electrons. The van der Waals surface area contributed by atoms with Gasteiger partial charge in [0.25, 0.3) is 0 Å². The van der Waals surface area contributed by atoms with Gasteiger partial charge in [0, 0.05) is 24.7 Å². The molecule has 2 rings (SSSR count). The molecule has 1 fully saturated rings. The predicted molar refractivity (Wildman–Crippen MR) is 110 cm³/mol. The second kappa shape index (κ2) is 12.8. The summed E-state index contributed by atoms with van der Waals surface area (Å²) in [4.78, 5) is 22.1. The lowest BCUT2D eigenvalue weighted by molar-refractivity contribution is -0.165. The van der Waals surface area contributed by atoms with Crippen LogP contribution in [0, 0.1) is 11.8 Å². The number of aliphatic carboxylic acids is 2. The van der Waals surface area contributed by atoms with Crippen LogP contribution >= 0.6 is 11.6 Å². The molecule has 0 aromatic heterocycles. The van der Waals surface area contributed by atoms with Crippen LogP contribution in [0.1, 0.15) is 25.8 Å². The third-order valence-electron chi connectivity index (χ3n) is 4.43. The van der Waals surface area contributed by atoms with Gasteiger partial charge in [0.15, 0.2) is 12.2 Å². The summed E-state index contributed by atoms with van der Waals surface area (Å²) in [6.07, 6.45) is -3.22. The van der Waals surface area contributed by atoms with Gasteiger partial charge in [0.2, 0.25) is 0 Å². The Morgan fingerprint density at radius 2 is 1.69 bits per heavy atom. The summed E-state index contributed by atoms with van der Waals surface area (Å²) in [5, 5.41) is 36.8. The molecule has 1 aliphatic heterocycles. The summed E-state index contributed by atoms with van der Waals surface area (Å²) in [7, 11) is 0. The summed E-state index contributed by atoms with van der Waals surface area (Å²) < 4.78 is 0. The van der Waals surface area contributed by atoms with E-state index >= 15 is 0 Å². The third kappa shape index (κ3) is 10.0. The monoisotopic (exact) mass is 430 g/mol. The maximum atomic E-state index is 9.77. The molecule has 0 saturated carbocycles. The van der Waals surface area contributed by atoms with Gasteiger partial charge < -0.3 is 25.7 Å². The van der Waals surface area contributed by atoms with Crippen molar-refractivity contribution in [3.8, 4) is 0 Å². The summed E-state index contributed by atoms with van der Waals surface area (Å²) in [5.41, 5.74) is 1.36. The molecule has 164 valence electrons. The fourth-order valence-electron chi connectivity index (χ4n) is 3.07. The lowest BCUT2D eigenvalue weighted by Crippen LogP contribution is -2.39. The zero-order valence-electron chi connectivity index (χ0n) is 16.8. The van der Waals surface area contributed by atoms with Gasteiger partial charge in [-0.05, 0) is 49.0 Å². The number of carbonyl (C=O) groups is 2. The van der Waals surface area contributed by atoms with Gasteiger partial charge in [-0.3, -0.25) is 4.90 Å². The van der Waals surface area contributed by atoms with Crippen molar-refractivity contribution in [2.75, 3.05) is 26.2 Å². The molecule has 3 atom stereocenters. The maximum Gasteiger partial charge on any atom is 0.335 e. The molecule has 0 amide bonds. The van der Waals surface area contributed by atoms with E-state index in [-0.39, 0.29) is 0 Å². The van der Waals surface area contributed by atoms with E-state index in [1.165, 1.54) is 38.2 Å². The number of nitrogens with one attached hydrogen (secondary N) is 1. The largest absolute Gasteiger partial charge is 0.479 e. The van der Waals surface area contributed by atoms with E-state index in [1.54, 1.807) is 0 Å². The molecule has 0 spiro atoms. The standard InChI is InChI=1S/C16H25ClN2.C4H6O6/c1-13(2)10-19(12-15-7-8-18-9-15)11-14-3-5-16(17)6-4-14;5-1(3(7)8)2(6)4(9)10/h3-6,13,15,18H,7-12H2,1-2H3;1-2,5-6H,(H,7,8)(H,9,10)/t15-;1-,2-/m01/s1. The molecule has 1 heterocycles. The topological polar surface area (TPSA) is 130 Å². The van der Waals surface area contributed by atoms with Crippen molar-refractivity contribution in [2.45, 2.75) is 39.0 Å². The highest BCUT2D eigenvalue weighted by atomic mass is 35.5. The Hall–Kier alpha value is -1.71. The molecule has 5 N–H and O–H groups in total. The first kappa shape index (κ1) is 25.3. The minimum Gasteiger partial charge on any atom is -0.479 e. The zero-order valence-corrected chi connectivity index (χ0v) is 17.5. The highest BCUT2D eigenvalue weighted by Crippen LogP contribution is 2.16.